The van der Waals surface area contributed by atoms with Gasteiger partial charge in [-0.1, -0.05) is 16.8 Å². The van der Waals surface area contributed by atoms with Gasteiger partial charge in [-0.05, 0) is 56.0 Å². The number of anilines is 1. The lowest BCUT2D eigenvalue weighted by atomic mass is 10.0. The Balaban J connectivity index is 1.58. The van der Waals surface area contributed by atoms with Gasteiger partial charge in [-0.3, -0.25) is 4.79 Å². The summed E-state index contributed by atoms with van der Waals surface area (Å²) < 4.78 is 5.47. The van der Waals surface area contributed by atoms with Crippen molar-refractivity contribution in [2.75, 3.05) is 5.32 Å². The Hall–Kier alpha value is -2.40. The molecular formula is C19H16ClN3O2. The monoisotopic (exact) mass is 353 g/mol. The Bertz CT molecular complexity index is 972. The van der Waals surface area contributed by atoms with Crippen LogP contribution >= 0.6 is 11.6 Å². The standard InChI is InChI=1S/C19H16ClN3O2/c20-12-5-7-13(8-6-12)21-18(24)14-9-15(10-1-2-10)22-19-16(14)17(23-25-19)11-3-4-11/h5-11H,1-4H2,(H,21,24). The molecule has 25 heavy (non-hydrogen) atoms. The molecule has 0 radical (unpaired) electrons. The molecule has 1 N–H and O–H groups in total. The third-order valence-electron chi connectivity index (χ3n) is 4.80. The van der Waals surface area contributed by atoms with Gasteiger partial charge < -0.3 is 9.84 Å². The maximum Gasteiger partial charge on any atom is 0.259 e. The van der Waals surface area contributed by atoms with E-state index in [4.69, 9.17) is 16.1 Å². The van der Waals surface area contributed by atoms with Crippen LogP contribution in [0.3, 0.4) is 0 Å². The van der Waals surface area contributed by atoms with E-state index in [0.29, 0.717) is 33.8 Å². The van der Waals surface area contributed by atoms with Crippen LogP contribution in [0.15, 0.2) is 34.9 Å². The van der Waals surface area contributed by atoms with Crippen molar-refractivity contribution in [3.8, 4) is 0 Å². The second-order valence-electron chi connectivity index (χ2n) is 6.85. The average Bonchev–Trinajstić information content (AvgIpc) is 3.53. The summed E-state index contributed by atoms with van der Waals surface area (Å²) >= 11 is 5.91. The first-order valence-electron chi connectivity index (χ1n) is 8.56. The maximum atomic E-state index is 13.0. The van der Waals surface area contributed by atoms with Gasteiger partial charge in [-0.15, -0.1) is 0 Å². The number of hydrogen-bond acceptors (Lipinski definition) is 4. The van der Waals surface area contributed by atoms with Crippen LogP contribution in [0.4, 0.5) is 5.69 Å². The molecule has 2 aliphatic rings. The third-order valence-corrected chi connectivity index (χ3v) is 5.05. The highest BCUT2D eigenvalue weighted by Crippen LogP contribution is 2.45. The summed E-state index contributed by atoms with van der Waals surface area (Å²) in [7, 11) is 0. The first-order chi connectivity index (χ1) is 12.2. The van der Waals surface area contributed by atoms with Crippen molar-refractivity contribution >= 4 is 34.3 Å². The highest BCUT2D eigenvalue weighted by molar-refractivity contribution is 6.30. The van der Waals surface area contributed by atoms with Crippen molar-refractivity contribution in [3.63, 3.8) is 0 Å². The fourth-order valence-corrected chi connectivity index (χ4v) is 3.25. The Kier molecular flexibility index (Phi) is 3.31. The lowest BCUT2D eigenvalue weighted by Gasteiger charge is -2.08. The second-order valence-corrected chi connectivity index (χ2v) is 7.29. The van der Waals surface area contributed by atoms with Gasteiger partial charge in [0.15, 0.2) is 0 Å². The number of hydrogen-bond donors (Lipinski definition) is 1. The molecule has 2 aromatic heterocycles. The molecule has 0 spiro atoms. The van der Waals surface area contributed by atoms with Crippen LogP contribution < -0.4 is 5.32 Å². The van der Waals surface area contributed by atoms with E-state index >= 15 is 0 Å². The van der Waals surface area contributed by atoms with Crippen molar-refractivity contribution in [1.82, 2.24) is 10.1 Å². The zero-order chi connectivity index (χ0) is 17.0. The number of nitrogens with one attached hydrogen (secondary N) is 1. The number of nitrogens with zero attached hydrogens (tertiary/aromatic N) is 2. The second kappa shape index (κ2) is 5.56. The summed E-state index contributed by atoms with van der Waals surface area (Å²) in [5, 5.41) is 8.55. The van der Waals surface area contributed by atoms with E-state index in [1.807, 2.05) is 6.07 Å². The van der Waals surface area contributed by atoms with Gasteiger partial charge >= 0.3 is 0 Å². The summed E-state index contributed by atoms with van der Waals surface area (Å²) in [6.45, 7) is 0. The van der Waals surface area contributed by atoms with Crippen LogP contribution in [0.25, 0.3) is 11.1 Å². The van der Waals surface area contributed by atoms with Crippen molar-refractivity contribution in [2.24, 2.45) is 0 Å². The van der Waals surface area contributed by atoms with Crippen molar-refractivity contribution in [1.29, 1.82) is 0 Å². The van der Waals surface area contributed by atoms with Crippen LogP contribution in [0.5, 0.6) is 0 Å². The lowest BCUT2D eigenvalue weighted by molar-refractivity contribution is 0.102. The van der Waals surface area contributed by atoms with Gasteiger partial charge in [0.2, 0.25) is 0 Å². The first kappa shape index (κ1) is 14.9. The van der Waals surface area contributed by atoms with E-state index in [1.54, 1.807) is 24.3 Å². The molecule has 5 nitrogen and oxygen atoms in total. The smallest absolute Gasteiger partial charge is 0.259 e. The number of rotatable bonds is 4. The number of benzene rings is 1. The van der Waals surface area contributed by atoms with E-state index in [1.165, 1.54) is 0 Å². The van der Waals surface area contributed by atoms with Crippen molar-refractivity contribution in [3.05, 3.63) is 52.3 Å². The topological polar surface area (TPSA) is 68.0 Å². The number of carbonyl (C=O) groups excluding carboxylic acids is 1. The Labute approximate surface area is 149 Å². The predicted octanol–water partition coefficient (Wildman–Crippen LogP) is 4.88. The van der Waals surface area contributed by atoms with Gasteiger partial charge in [0, 0.05) is 28.2 Å². The summed E-state index contributed by atoms with van der Waals surface area (Å²) in [5.74, 6) is 0.652. The molecule has 0 aliphatic heterocycles. The molecule has 0 unspecified atom stereocenters. The highest BCUT2D eigenvalue weighted by Gasteiger charge is 2.34. The largest absolute Gasteiger partial charge is 0.335 e. The molecule has 0 atom stereocenters. The van der Waals surface area contributed by atoms with Gasteiger partial charge in [0.05, 0.1) is 16.6 Å². The molecule has 5 rings (SSSR count). The molecule has 2 fully saturated rings. The average molecular weight is 354 g/mol. The van der Waals surface area contributed by atoms with Crippen LogP contribution in [-0.2, 0) is 0 Å². The number of amides is 1. The number of fused-ring (bicyclic) bond motifs is 1. The summed E-state index contributed by atoms with van der Waals surface area (Å²) in [4.78, 5) is 17.6. The van der Waals surface area contributed by atoms with E-state index in [9.17, 15) is 4.79 Å². The summed E-state index contributed by atoms with van der Waals surface area (Å²) in [6, 6.07) is 8.99. The Morgan fingerprint density at radius 1 is 1.12 bits per heavy atom. The highest BCUT2D eigenvalue weighted by atomic mass is 35.5. The quantitative estimate of drug-likeness (QED) is 0.725. The number of carbonyl (C=O) groups is 1. The normalized spacial score (nSPS) is 17.0. The minimum absolute atomic E-state index is 0.165. The van der Waals surface area contributed by atoms with Gasteiger partial charge in [0.1, 0.15) is 0 Å². The first-order valence-corrected chi connectivity index (χ1v) is 8.94. The molecule has 6 heteroatoms. The maximum absolute atomic E-state index is 13.0. The molecule has 2 saturated carbocycles. The minimum atomic E-state index is -0.165. The molecule has 2 aliphatic carbocycles. The molecule has 3 aromatic rings. The summed E-state index contributed by atoms with van der Waals surface area (Å²) in [5.41, 5.74) is 3.58. The predicted molar refractivity (Wildman–Crippen MR) is 95.2 cm³/mol. The van der Waals surface area contributed by atoms with E-state index in [2.05, 4.69) is 15.5 Å². The van der Waals surface area contributed by atoms with Gasteiger partial charge in [0.25, 0.3) is 11.6 Å². The van der Waals surface area contributed by atoms with Gasteiger partial charge in [-0.2, -0.15) is 0 Å². The minimum Gasteiger partial charge on any atom is -0.335 e. The number of halogens is 1. The molecule has 126 valence electrons. The van der Waals surface area contributed by atoms with Crippen molar-refractivity contribution in [2.45, 2.75) is 37.5 Å². The lowest BCUT2D eigenvalue weighted by Crippen LogP contribution is -2.13. The molecule has 0 saturated heterocycles. The third kappa shape index (κ3) is 2.78. The van der Waals surface area contributed by atoms with Crippen LogP contribution in [-0.4, -0.2) is 16.0 Å². The molecule has 1 aromatic carbocycles. The molecule has 2 heterocycles. The molecular weight excluding hydrogens is 338 g/mol. The van der Waals surface area contributed by atoms with Crippen LogP contribution in [0.1, 0.15) is 59.3 Å². The van der Waals surface area contributed by atoms with Crippen LogP contribution in [0.2, 0.25) is 5.02 Å². The van der Waals surface area contributed by atoms with E-state index in [0.717, 1.165) is 42.5 Å². The molecule has 0 bridgehead atoms. The molecule has 1 amide bonds. The zero-order valence-electron chi connectivity index (χ0n) is 13.5. The SMILES string of the molecule is O=C(Nc1ccc(Cl)cc1)c1cc(C2CC2)nc2onc(C3CC3)c12. The summed E-state index contributed by atoms with van der Waals surface area (Å²) in [6.07, 6.45) is 4.40. The fraction of sp³-hybridized carbons (Fsp3) is 0.316. The van der Waals surface area contributed by atoms with E-state index < -0.39 is 0 Å². The Morgan fingerprint density at radius 3 is 2.52 bits per heavy atom. The van der Waals surface area contributed by atoms with E-state index in [-0.39, 0.29) is 5.91 Å². The fourth-order valence-electron chi connectivity index (χ4n) is 3.13. The zero-order valence-corrected chi connectivity index (χ0v) is 14.2. The van der Waals surface area contributed by atoms with Crippen molar-refractivity contribution < 1.29 is 9.32 Å². The van der Waals surface area contributed by atoms with Crippen LogP contribution in [0, 0.1) is 0 Å². The number of pyridine rings is 1. The number of aromatic nitrogens is 2. The Morgan fingerprint density at radius 2 is 1.84 bits per heavy atom. The van der Waals surface area contributed by atoms with Gasteiger partial charge in [-0.25, -0.2) is 4.98 Å².